The van der Waals surface area contributed by atoms with Gasteiger partial charge in [-0.15, -0.1) is 0 Å². The van der Waals surface area contributed by atoms with Crippen LogP contribution in [0.15, 0.2) is 54.6 Å². The predicted molar refractivity (Wildman–Crippen MR) is 184 cm³/mol. The Morgan fingerprint density at radius 3 is 2.13 bits per heavy atom. The van der Waals surface area contributed by atoms with Gasteiger partial charge in [-0.2, -0.15) is 0 Å². The summed E-state index contributed by atoms with van der Waals surface area (Å²) < 4.78 is 23.8. The first kappa shape index (κ1) is 33.5. The second-order valence-electron chi connectivity index (χ2n) is 12.2. The minimum atomic E-state index is -0.149. The quantitative estimate of drug-likeness (QED) is 0.215. The topological polar surface area (TPSA) is 63.7 Å². The van der Waals surface area contributed by atoms with E-state index >= 15 is 0 Å². The molecule has 0 spiro atoms. The number of piperazine rings is 1. The van der Waals surface area contributed by atoms with E-state index in [1.807, 2.05) is 33.8 Å². The van der Waals surface area contributed by atoms with Crippen LogP contribution < -0.4 is 23.8 Å². The van der Waals surface area contributed by atoms with Crippen LogP contribution in [0.25, 0.3) is 0 Å². The maximum Gasteiger partial charge on any atom is 0.237 e. The van der Waals surface area contributed by atoms with Gasteiger partial charge in [-0.3, -0.25) is 9.69 Å². The maximum atomic E-state index is 14.2. The molecule has 0 aromatic heterocycles. The highest BCUT2D eigenvalue weighted by atomic mass is 16.5. The van der Waals surface area contributed by atoms with Gasteiger partial charge in [-0.1, -0.05) is 18.2 Å². The van der Waals surface area contributed by atoms with E-state index in [9.17, 15) is 4.79 Å². The van der Waals surface area contributed by atoms with Gasteiger partial charge < -0.3 is 28.7 Å². The number of fused-ring (bicyclic) bond motifs is 1. The first-order valence-electron chi connectivity index (χ1n) is 17.0. The van der Waals surface area contributed by atoms with Crippen molar-refractivity contribution in [3.05, 3.63) is 76.9 Å². The molecular weight excluding hydrogens is 578 g/mol. The Labute approximate surface area is 275 Å². The number of carbonyl (C=O) groups excluding carboxylic acids is 1. The molecule has 3 aromatic rings. The molecule has 2 unspecified atom stereocenters. The van der Waals surface area contributed by atoms with Crippen molar-refractivity contribution in [2.45, 2.75) is 66.5 Å². The SMILES string of the molecule is CCOc1ccc(CC2c3cc(OCC)c(OCC)cc3CCN2C(=O)CN2CCN(c3cccc(C)c3)C(C)C2)cc1OCC. The number of ether oxygens (including phenoxy) is 4. The van der Waals surface area contributed by atoms with Gasteiger partial charge in [0, 0.05) is 37.9 Å². The van der Waals surface area contributed by atoms with E-state index in [4.69, 9.17) is 18.9 Å². The van der Waals surface area contributed by atoms with Gasteiger partial charge in [0.2, 0.25) is 5.91 Å². The number of benzene rings is 3. The Balaban J connectivity index is 1.41. The molecule has 2 aliphatic rings. The molecule has 2 atom stereocenters. The van der Waals surface area contributed by atoms with E-state index in [2.05, 4.69) is 77.1 Å². The molecule has 5 rings (SSSR count). The zero-order chi connectivity index (χ0) is 32.6. The van der Waals surface area contributed by atoms with Crippen LogP contribution in [-0.2, 0) is 17.6 Å². The van der Waals surface area contributed by atoms with E-state index in [-0.39, 0.29) is 11.9 Å². The molecule has 1 amide bonds. The number of rotatable bonds is 13. The van der Waals surface area contributed by atoms with Gasteiger partial charge in [0.15, 0.2) is 23.0 Å². The van der Waals surface area contributed by atoms with Gasteiger partial charge >= 0.3 is 0 Å². The van der Waals surface area contributed by atoms with Crippen LogP contribution in [0.4, 0.5) is 5.69 Å². The predicted octanol–water partition coefficient (Wildman–Crippen LogP) is 6.47. The average Bonchev–Trinajstić information content (AvgIpc) is 3.03. The van der Waals surface area contributed by atoms with E-state index in [1.54, 1.807) is 0 Å². The highest BCUT2D eigenvalue weighted by Crippen LogP contribution is 2.41. The minimum absolute atomic E-state index is 0.149. The molecule has 46 heavy (non-hydrogen) atoms. The van der Waals surface area contributed by atoms with E-state index in [1.165, 1.54) is 16.8 Å². The largest absolute Gasteiger partial charge is 0.490 e. The van der Waals surface area contributed by atoms with Crippen molar-refractivity contribution in [1.82, 2.24) is 9.80 Å². The zero-order valence-electron chi connectivity index (χ0n) is 28.5. The Morgan fingerprint density at radius 1 is 0.783 bits per heavy atom. The number of carbonyl (C=O) groups is 1. The smallest absolute Gasteiger partial charge is 0.237 e. The number of nitrogens with zero attached hydrogens (tertiary/aromatic N) is 3. The monoisotopic (exact) mass is 629 g/mol. The second-order valence-corrected chi connectivity index (χ2v) is 12.2. The third kappa shape index (κ3) is 7.72. The van der Waals surface area contributed by atoms with Crippen molar-refractivity contribution in [1.29, 1.82) is 0 Å². The summed E-state index contributed by atoms with van der Waals surface area (Å²) in [6.07, 6.45) is 1.43. The van der Waals surface area contributed by atoms with Gasteiger partial charge in [-0.25, -0.2) is 0 Å². The highest BCUT2D eigenvalue weighted by molar-refractivity contribution is 5.79. The summed E-state index contributed by atoms with van der Waals surface area (Å²) in [5, 5.41) is 0. The first-order chi connectivity index (χ1) is 22.3. The van der Waals surface area contributed by atoms with Crippen molar-refractivity contribution in [2.24, 2.45) is 0 Å². The molecule has 8 heteroatoms. The van der Waals surface area contributed by atoms with Gasteiger partial charge in [0.25, 0.3) is 0 Å². The van der Waals surface area contributed by atoms with Crippen LogP contribution >= 0.6 is 0 Å². The van der Waals surface area contributed by atoms with Gasteiger partial charge in [0.1, 0.15) is 0 Å². The molecule has 2 heterocycles. The average molecular weight is 630 g/mol. The number of hydrogen-bond acceptors (Lipinski definition) is 7. The normalized spacial score (nSPS) is 18.2. The molecule has 0 bridgehead atoms. The molecule has 1 fully saturated rings. The summed E-state index contributed by atoms with van der Waals surface area (Å²) in [4.78, 5) is 21.1. The van der Waals surface area contributed by atoms with Crippen LogP contribution in [0, 0.1) is 6.92 Å². The Bertz CT molecular complexity index is 1480. The summed E-state index contributed by atoms with van der Waals surface area (Å²) in [5.74, 6) is 3.13. The lowest BCUT2D eigenvalue weighted by Gasteiger charge is -2.43. The Kier molecular flexibility index (Phi) is 11.3. The van der Waals surface area contributed by atoms with Gasteiger partial charge in [0.05, 0.1) is 39.0 Å². The van der Waals surface area contributed by atoms with Gasteiger partial charge in [-0.05, 0) is 113 Å². The third-order valence-electron chi connectivity index (χ3n) is 8.92. The number of amides is 1. The summed E-state index contributed by atoms with van der Waals surface area (Å²) >= 11 is 0. The van der Waals surface area contributed by atoms with Crippen molar-refractivity contribution in [2.75, 3.05) is 64.1 Å². The molecule has 3 aromatic carbocycles. The van der Waals surface area contributed by atoms with Crippen LogP contribution in [0.2, 0.25) is 0 Å². The molecule has 2 aliphatic heterocycles. The number of aryl methyl sites for hydroxylation is 1. The summed E-state index contributed by atoms with van der Waals surface area (Å²) in [5.41, 5.74) is 5.94. The van der Waals surface area contributed by atoms with Crippen molar-refractivity contribution >= 4 is 11.6 Å². The minimum Gasteiger partial charge on any atom is -0.490 e. The fourth-order valence-electron chi connectivity index (χ4n) is 6.86. The van der Waals surface area contributed by atoms with Crippen LogP contribution in [0.1, 0.15) is 62.9 Å². The molecule has 1 saturated heterocycles. The lowest BCUT2D eigenvalue weighted by Crippen LogP contribution is -2.55. The van der Waals surface area contributed by atoms with Crippen LogP contribution in [0.3, 0.4) is 0 Å². The summed E-state index contributed by atoms with van der Waals surface area (Å²) in [6, 6.07) is 19.2. The summed E-state index contributed by atoms with van der Waals surface area (Å²) in [6.45, 7) is 18.2. The maximum absolute atomic E-state index is 14.2. The standard InChI is InChI=1S/C38H51N3O5/c1-7-43-34-15-14-29(22-35(34)44-8-2)21-33-32-24-37(46-10-4)36(45-9-3)23-30(32)16-17-41(33)38(42)26-39-18-19-40(28(6)25-39)31-13-11-12-27(5)20-31/h11-15,20,22-24,28,33H,7-10,16-19,21,25-26H2,1-6H3. The van der Waals surface area contributed by atoms with Crippen LogP contribution in [-0.4, -0.2) is 80.9 Å². The molecule has 0 N–H and O–H groups in total. The lowest BCUT2D eigenvalue weighted by atomic mass is 9.88. The molecule has 0 radical (unpaired) electrons. The fraction of sp³-hybridized carbons (Fsp3) is 0.500. The molecule has 0 aliphatic carbocycles. The van der Waals surface area contributed by atoms with Crippen molar-refractivity contribution < 1.29 is 23.7 Å². The number of hydrogen-bond donors (Lipinski definition) is 0. The fourth-order valence-corrected chi connectivity index (χ4v) is 6.86. The number of anilines is 1. The van der Waals surface area contributed by atoms with E-state index < -0.39 is 0 Å². The third-order valence-corrected chi connectivity index (χ3v) is 8.92. The Hall–Kier alpha value is -3.91. The van der Waals surface area contributed by atoms with Crippen molar-refractivity contribution in [3.8, 4) is 23.0 Å². The van der Waals surface area contributed by atoms with E-state index in [0.717, 1.165) is 60.2 Å². The molecule has 0 saturated carbocycles. The molecular formula is C38H51N3O5. The molecule has 248 valence electrons. The first-order valence-corrected chi connectivity index (χ1v) is 17.0. The van der Waals surface area contributed by atoms with E-state index in [0.29, 0.717) is 52.0 Å². The highest BCUT2D eigenvalue weighted by Gasteiger charge is 2.34. The summed E-state index contributed by atoms with van der Waals surface area (Å²) in [7, 11) is 0. The molecule has 8 nitrogen and oxygen atoms in total. The Morgan fingerprint density at radius 2 is 1.46 bits per heavy atom. The zero-order valence-corrected chi connectivity index (χ0v) is 28.5. The van der Waals surface area contributed by atoms with Crippen LogP contribution in [0.5, 0.6) is 23.0 Å². The second kappa shape index (κ2) is 15.6. The van der Waals surface area contributed by atoms with Crippen molar-refractivity contribution in [3.63, 3.8) is 0 Å². The lowest BCUT2D eigenvalue weighted by molar-refractivity contribution is -0.135.